The van der Waals surface area contributed by atoms with E-state index in [9.17, 15) is 4.79 Å². The molecule has 0 radical (unpaired) electrons. The van der Waals surface area contributed by atoms with Crippen LogP contribution < -0.4 is 5.32 Å². The topological polar surface area (TPSA) is 52.6 Å². The van der Waals surface area contributed by atoms with Crippen LogP contribution in [0.1, 0.15) is 49.5 Å². The van der Waals surface area contributed by atoms with Gasteiger partial charge >= 0.3 is 5.97 Å². The summed E-state index contributed by atoms with van der Waals surface area (Å²) < 4.78 is 0. The number of hydrogen-bond donors (Lipinski definition) is 2. The van der Waals surface area contributed by atoms with Gasteiger partial charge in [0, 0.05) is 12.6 Å². The lowest BCUT2D eigenvalue weighted by Gasteiger charge is -2.19. The fourth-order valence-corrected chi connectivity index (χ4v) is 2.37. The molecule has 1 aromatic rings. The van der Waals surface area contributed by atoms with Crippen molar-refractivity contribution in [2.75, 3.05) is 19.6 Å². The fraction of sp³-hybridized carbons (Fsp3) is 0.588. The van der Waals surface area contributed by atoms with E-state index in [1.165, 1.54) is 6.42 Å². The Labute approximate surface area is 128 Å². The van der Waals surface area contributed by atoms with Gasteiger partial charge in [-0.1, -0.05) is 26.0 Å². The van der Waals surface area contributed by atoms with Gasteiger partial charge in [-0.2, -0.15) is 0 Å². The summed E-state index contributed by atoms with van der Waals surface area (Å²) >= 11 is 0. The summed E-state index contributed by atoms with van der Waals surface area (Å²) in [5, 5.41) is 12.4. The van der Waals surface area contributed by atoms with E-state index < -0.39 is 5.97 Å². The molecule has 0 aliphatic carbocycles. The van der Waals surface area contributed by atoms with E-state index in [-0.39, 0.29) is 0 Å². The summed E-state index contributed by atoms with van der Waals surface area (Å²) in [6.45, 7) is 10.7. The zero-order chi connectivity index (χ0) is 15.7. The largest absolute Gasteiger partial charge is 0.478 e. The average molecular weight is 292 g/mol. The van der Waals surface area contributed by atoms with E-state index in [4.69, 9.17) is 5.11 Å². The van der Waals surface area contributed by atoms with Gasteiger partial charge in [0.25, 0.3) is 0 Å². The van der Waals surface area contributed by atoms with Crippen LogP contribution in [-0.2, 0) is 6.54 Å². The van der Waals surface area contributed by atoms with Crippen molar-refractivity contribution in [2.24, 2.45) is 0 Å². The van der Waals surface area contributed by atoms with Gasteiger partial charge in [-0.3, -0.25) is 0 Å². The zero-order valence-electron chi connectivity index (χ0n) is 13.4. The molecule has 0 fully saturated rings. The number of carbonyl (C=O) groups is 1. The molecule has 0 aliphatic rings. The maximum Gasteiger partial charge on any atom is 0.335 e. The van der Waals surface area contributed by atoms with Crippen molar-refractivity contribution in [1.82, 2.24) is 10.2 Å². The number of benzene rings is 1. The average Bonchev–Trinajstić information content (AvgIpc) is 2.50. The zero-order valence-corrected chi connectivity index (χ0v) is 13.4. The van der Waals surface area contributed by atoms with Crippen molar-refractivity contribution < 1.29 is 9.90 Å². The van der Waals surface area contributed by atoms with Crippen LogP contribution in [0.5, 0.6) is 0 Å². The summed E-state index contributed by atoms with van der Waals surface area (Å²) in [4.78, 5) is 13.4. The van der Waals surface area contributed by atoms with Crippen LogP contribution >= 0.6 is 0 Å². The van der Waals surface area contributed by atoms with E-state index in [1.54, 1.807) is 18.2 Å². The lowest BCUT2D eigenvalue weighted by Crippen LogP contribution is -2.28. The Hall–Kier alpha value is -1.39. The van der Waals surface area contributed by atoms with Crippen molar-refractivity contribution in [3.63, 3.8) is 0 Å². The van der Waals surface area contributed by atoms with Crippen molar-refractivity contribution >= 4 is 5.97 Å². The molecule has 0 bridgehead atoms. The molecule has 0 saturated heterocycles. The molecule has 1 atom stereocenters. The van der Waals surface area contributed by atoms with Crippen molar-refractivity contribution in [3.05, 3.63) is 35.4 Å². The van der Waals surface area contributed by atoms with Crippen LogP contribution in [0.25, 0.3) is 0 Å². The van der Waals surface area contributed by atoms with Gasteiger partial charge in [-0.25, -0.2) is 4.79 Å². The molecule has 0 aliphatic heterocycles. The second-order valence-corrected chi connectivity index (χ2v) is 5.46. The van der Waals surface area contributed by atoms with Gasteiger partial charge in [0.2, 0.25) is 0 Å². The highest BCUT2D eigenvalue weighted by molar-refractivity contribution is 5.87. The van der Waals surface area contributed by atoms with Gasteiger partial charge < -0.3 is 15.3 Å². The van der Waals surface area contributed by atoms with Crippen LogP contribution in [0.3, 0.4) is 0 Å². The van der Waals surface area contributed by atoms with Gasteiger partial charge in [0.05, 0.1) is 5.56 Å². The Balaban J connectivity index is 2.31. The molecule has 0 spiro atoms. The monoisotopic (exact) mass is 292 g/mol. The van der Waals surface area contributed by atoms with Crippen LogP contribution in [0.15, 0.2) is 24.3 Å². The highest BCUT2D eigenvalue weighted by atomic mass is 16.4. The number of nitrogens with one attached hydrogen (secondary N) is 1. The Morgan fingerprint density at radius 1 is 1.33 bits per heavy atom. The quantitative estimate of drug-likeness (QED) is 0.696. The molecule has 118 valence electrons. The number of rotatable bonds is 10. The second-order valence-electron chi connectivity index (χ2n) is 5.46. The third-order valence-corrected chi connectivity index (χ3v) is 3.83. The highest BCUT2D eigenvalue weighted by Crippen LogP contribution is 2.06. The van der Waals surface area contributed by atoms with Crippen molar-refractivity contribution in [2.45, 2.75) is 46.2 Å². The van der Waals surface area contributed by atoms with Crippen LogP contribution in [0, 0.1) is 0 Å². The summed E-state index contributed by atoms with van der Waals surface area (Å²) in [7, 11) is 0. The number of hydrogen-bond acceptors (Lipinski definition) is 3. The third kappa shape index (κ3) is 6.74. The first-order valence-electron chi connectivity index (χ1n) is 7.84. The molecule has 0 aromatic heterocycles. The first-order valence-corrected chi connectivity index (χ1v) is 7.84. The number of carboxylic acids is 1. The SMILES string of the molecule is CCN(CC)CCCC(C)NCc1cccc(C(=O)O)c1. The molecule has 21 heavy (non-hydrogen) atoms. The minimum atomic E-state index is -0.871. The lowest BCUT2D eigenvalue weighted by atomic mass is 10.1. The molecule has 1 unspecified atom stereocenters. The second kappa shape index (κ2) is 9.53. The molecule has 2 N–H and O–H groups in total. The maximum atomic E-state index is 10.9. The van der Waals surface area contributed by atoms with Gasteiger partial charge in [-0.05, 0) is 57.1 Å². The van der Waals surface area contributed by atoms with Crippen molar-refractivity contribution in [3.8, 4) is 0 Å². The standard InChI is InChI=1S/C17H28N2O2/c1-4-19(5-2)11-7-8-14(3)18-13-15-9-6-10-16(12-15)17(20)21/h6,9-10,12,14,18H,4-5,7-8,11,13H2,1-3H3,(H,20,21). The smallest absolute Gasteiger partial charge is 0.335 e. The molecule has 0 amide bonds. The fourth-order valence-electron chi connectivity index (χ4n) is 2.37. The van der Waals surface area contributed by atoms with Gasteiger partial charge in [-0.15, -0.1) is 0 Å². The minimum absolute atomic E-state index is 0.350. The Kier molecular flexibility index (Phi) is 8.01. The van der Waals surface area contributed by atoms with Gasteiger partial charge in [0.1, 0.15) is 0 Å². The molecule has 4 heteroatoms. The molecule has 0 heterocycles. The van der Waals surface area contributed by atoms with Crippen LogP contribution in [-0.4, -0.2) is 41.7 Å². The lowest BCUT2D eigenvalue weighted by molar-refractivity contribution is 0.0696. The number of aromatic carboxylic acids is 1. The highest BCUT2D eigenvalue weighted by Gasteiger charge is 2.06. The van der Waals surface area contributed by atoms with Crippen LogP contribution in [0.2, 0.25) is 0 Å². The number of carboxylic acid groups (broad SMARTS) is 1. The van der Waals surface area contributed by atoms with Crippen LogP contribution in [0.4, 0.5) is 0 Å². The summed E-state index contributed by atoms with van der Waals surface area (Å²) in [5.41, 5.74) is 1.37. The Bertz CT molecular complexity index is 431. The molecule has 0 saturated carbocycles. The van der Waals surface area contributed by atoms with E-state index in [2.05, 4.69) is 31.0 Å². The van der Waals surface area contributed by atoms with Gasteiger partial charge in [0.15, 0.2) is 0 Å². The normalized spacial score (nSPS) is 12.6. The van der Waals surface area contributed by atoms with Crippen molar-refractivity contribution in [1.29, 1.82) is 0 Å². The summed E-state index contributed by atoms with van der Waals surface area (Å²) in [6, 6.07) is 7.55. The summed E-state index contributed by atoms with van der Waals surface area (Å²) in [6.07, 6.45) is 2.32. The van der Waals surface area contributed by atoms with E-state index in [0.717, 1.165) is 31.6 Å². The summed E-state index contributed by atoms with van der Waals surface area (Å²) in [5.74, 6) is -0.871. The Morgan fingerprint density at radius 3 is 2.67 bits per heavy atom. The molecular weight excluding hydrogens is 264 g/mol. The first kappa shape index (κ1) is 17.7. The Morgan fingerprint density at radius 2 is 2.05 bits per heavy atom. The van der Waals surface area contributed by atoms with E-state index >= 15 is 0 Å². The molecule has 1 aromatic carbocycles. The first-order chi connectivity index (χ1) is 10.1. The maximum absolute atomic E-state index is 10.9. The molecule has 4 nitrogen and oxygen atoms in total. The predicted molar refractivity (Wildman–Crippen MR) is 86.7 cm³/mol. The van der Waals surface area contributed by atoms with E-state index in [0.29, 0.717) is 18.2 Å². The number of nitrogens with zero attached hydrogens (tertiary/aromatic N) is 1. The predicted octanol–water partition coefficient (Wildman–Crippen LogP) is 2.98. The van der Waals surface area contributed by atoms with E-state index in [1.807, 2.05) is 6.07 Å². The molecular formula is C17H28N2O2. The third-order valence-electron chi connectivity index (χ3n) is 3.83. The minimum Gasteiger partial charge on any atom is -0.478 e. The molecule has 1 rings (SSSR count).